The van der Waals surface area contributed by atoms with Crippen LogP contribution in [-0.2, 0) is 4.79 Å². The first-order valence-electron chi connectivity index (χ1n) is 9.50. The van der Waals surface area contributed by atoms with Gasteiger partial charge in [-0.3, -0.25) is 10.1 Å². The van der Waals surface area contributed by atoms with Crippen LogP contribution in [0, 0.1) is 0 Å². The van der Waals surface area contributed by atoms with Crippen molar-refractivity contribution in [3.05, 3.63) is 65.6 Å². The summed E-state index contributed by atoms with van der Waals surface area (Å²) >= 11 is 1.39. The Morgan fingerprint density at radius 1 is 1.17 bits per heavy atom. The van der Waals surface area contributed by atoms with Crippen molar-refractivity contribution in [1.29, 1.82) is 0 Å². The number of amides is 1. The molecule has 2 aromatic carbocycles. The first-order valence-corrected chi connectivity index (χ1v) is 10.4. The van der Waals surface area contributed by atoms with Crippen LogP contribution in [0.1, 0.15) is 25.3 Å². The van der Waals surface area contributed by atoms with E-state index in [0.717, 1.165) is 41.2 Å². The van der Waals surface area contributed by atoms with E-state index >= 15 is 0 Å². The van der Waals surface area contributed by atoms with E-state index in [2.05, 4.69) is 17.2 Å². The SMILES string of the molecule is CCCCOc1cccc(/C=C/C(=O)Nc2nc(-c3ccc(OC)cc3)cs2)c1. The molecule has 29 heavy (non-hydrogen) atoms. The number of rotatable bonds is 9. The minimum absolute atomic E-state index is 0.224. The van der Waals surface area contributed by atoms with Crippen LogP contribution in [0.2, 0.25) is 0 Å². The van der Waals surface area contributed by atoms with Crippen molar-refractivity contribution < 1.29 is 14.3 Å². The zero-order valence-electron chi connectivity index (χ0n) is 16.6. The van der Waals surface area contributed by atoms with Crippen molar-refractivity contribution in [2.24, 2.45) is 0 Å². The van der Waals surface area contributed by atoms with Crippen molar-refractivity contribution in [2.75, 3.05) is 19.0 Å². The monoisotopic (exact) mass is 408 g/mol. The molecule has 3 rings (SSSR count). The third-order valence-electron chi connectivity index (χ3n) is 4.17. The van der Waals surface area contributed by atoms with Gasteiger partial charge in [0, 0.05) is 17.0 Å². The molecular weight excluding hydrogens is 384 g/mol. The zero-order valence-corrected chi connectivity index (χ0v) is 17.4. The number of nitrogens with one attached hydrogen (secondary N) is 1. The van der Waals surface area contributed by atoms with Crippen molar-refractivity contribution in [2.45, 2.75) is 19.8 Å². The van der Waals surface area contributed by atoms with Crippen LogP contribution in [0.25, 0.3) is 17.3 Å². The van der Waals surface area contributed by atoms with Crippen molar-refractivity contribution in [1.82, 2.24) is 4.98 Å². The summed E-state index contributed by atoms with van der Waals surface area (Å²) < 4.78 is 10.9. The molecule has 0 atom stereocenters. The Hall–Kier alpha value is -3.12. The fraction of sp³-hybridized carbons (Fsp3) is 0.217. The molecule has 0 radical (unpaired) electrons. The highest BCUT2D eigenvalue weighted by atomic mass is 32.1. The Morgan fingerprint density at radius 2 is 2.00 bits per heavy atom. The maximum absolute atomic E-state index is 12.2. The Balaban J connectivity index is 1.58. The first-order chi connectivity index (χ1) is 14.2. The molecule has 1 N–H and O–H groups in total. The van der Waals surface area contributed by atoms with E-state index in [1.54, 1.807) is 13.2 Å². The number of thiazole rings is 1. The van der Waals surface area contributed by atoms with Gasteiger partial charge >= 0.3 is 0 Å². The predicted octanol–water partition coefficient (Wildman–Crippen LogP) is 5.65. The van der Waals surface area contributed by atoms with E-state index in [9.17, 15) is 4.79 Å². The van der Waals surface area contributed by atoms with Gasteiger partial charge in [-0.1, -0.05) is 25.5 Å². The summed E-state index contributed by atoms with van der Waals surface area (Å²) in [4.78, 5) is 16.7. The number of ether oxygens (including phenoxy) is 2. The number of hydrogen-bond acceptors (Lipinski definition) is 5. The topological polar surface area (TPSA) is 60.5 Å². The van der Waals surface area contributed by atoms with Crippen molar-refractivity contribution in [3.63, 3.8) is 0 Å². The Kier molecular flexibility index (Phi) is 7.41. The minimum atomic E-state index is -0.224. The Labute approximate surface area is 175 Å². The second kappa shape index (κ2) is 10.4. The summed E-state index contributed by atoms with van der Waals surface area (Å²) in [5, 5.41) is 5.28. The molecule has 6 heteroatoms. The number of methoxy groups -OCH3 is 1. The molecule has 0 saturated heterocycles. The summed E-state index contributed by atoms with van der Waals surface area (Å²) in [5.41, 5.74) is 2.69. The van der Waals surface area contributed by atoms with Crippen LogP contribution in [-0.4, -0.2) is 24.6 Å². The lowest BCUT2D eigenvalue weighted by Gasteiger charge is -2.05. The summed E-state index contributed by atoms with van der Waals surface area (Å²) in [6.07, 6.45) is 5.38. The van der Waals surface area contributed by atoms with Crippen molar-refractivity contribution in [3.8, 4) is 22.8 Å². The quantitative estimate of drug-likeness (QED) is 0.367. The molecule has 1 heterocycles. The molecule has 0 aliphatic carbocycles. The van der Waals surface area contributed by atoms with Crippen LogP contribution >= 0.6 is 11.3 Å². The molecule has 0 saturated carbocycles. The van der Waals surface area contributed by atoms with Gasteiger partial charge < -0.3 is 9.47 Å². The molecule has 0 unspecified atom stereocenters. The van der Waals surface area contributed by atoms with E-state index in [4.69, 9.17) is 9.47 Å². The third kappa shape index (κ3) is 6.19. The van der Waals surface area contributed by atoms with Gasteiger partial charge in [0.1, 0.15) is 11.5 Å². The van der Waals surface area contributed by atoms with Gasteiger partial charge in [0.15, 0.2) is 5.13 Å². The summed E-state index contributed by atoms with van der Waals surface area (Å²) in [7, 11) is 1.63. The van der Waals surface area contributed by atoms with E-state index in [1.165, 1.54) is 17.4 Å². The van der Waals surface area contributed by atoms with Gasteiger partial charge in [-0.25, -0.2) is 4.98 Å². The number of carbonyl (C=O) groups is 1. The number of nitrogens with zero attached hydrogens (tertiary/aromatic N) is 1. The average Bonchev–Trinajstić information content (AvgIpc) is 3.21. The summed E-state index contributed by atoms with van der Waals surface area (Å²) in [6, 6.07) is 15.3. The Morgan fingerprint density at radius 3 is 2.76 bits per heavy atom. The number of carbonyl (C=O) groups excluding carboxylic acids is 1. The maximum Gasteiger partial charge on any atom is 0.250 e. The molecular formula is C23H24N2O3S. The highest BCUT2D eigenvalue weighted by Crippen LogP contribution is 2.26. The number of unbranched alkanes of at least 4 members (excludes halogenated alkanes) is 1. The fourth-order valence-corrected chi connectivity index (χ4v) is 3.31. The standard InChI is InChI=1S/C23H24N2O3S/c1-3-4-14-28-20-7-5-6-17(15-20)8-13-22(26)25-23-24-21(16-29-23)18-9-11-19(27-2)12-10-18/h5-13,15-16H,3-4,14H2,1-2H3,(H,24,25,26)/b13-8+. The lowest BCUT2D eigenvalue weighted by atomic mass is 10.2. The normalized spacial score (nSPS) is 10.8. The first kappa shape index (κ1) is 20.6. The van der Waals surface area contributed by atoms with E-state index in [1.807, 2.05) is 53.9 Å². The molecule has 0 aliphatic rings. The van der Waals surface area contributed by atoms with E-state index < -0.39 is 0 Å². The average molecular weight is 409 g/mol. The number of aromatic nitrogens is 1. The molecule has 1 amide bonds. The van der Waals surface area contributed by atoms with E-state index in [0.29, 0.717) is 11.7 Å². The largest absolute Gasteiger partial charge is 0.497 e. The summed E-state index contributed by atoms with van der Waals surface area (Å²) in [6.45, 7) is 2.83. The molecule has 150 valence electrons. The van der Waals surface area contributed by atoms with Gasteiger partial charge in [0.05, 0.1) is 19.4 Å². The Bertz CT molecular complexity index is 964. The second-order valence-electron chi connectivity index (χ2n) is 6.36. The van der Waals surface area contributed by atoms with Crippen LogP contribution in [0.15, 0.2) is 60.0 Å². The molecule has 3 aromatic rings. The van der Waals surface area contributed by atoms with Crippen molar-refractivity contribution >= 4 is 28.5 Å². The van der Waals surface area contributed by atoms with Gasteiger partial charge in [-0.05, 0) is 54.5 Å². The lowest BCUT2D eigenvalue weighted by molar-refractivity contribution is -0.111. The van der Waals surface area contributed by atoms with E-state index in [-0.39, 0.29) is 5.91 Å². The second-order valence-corrected chi connectivity index (χ2v) is 7.22. The predicted molar refractivity (Wildman–Crippen MR) is 119 cm³/mol. The number of anilines is 1. The van der Waals surface area contributed by atoms with Gasteiger partial charge in [0.2, 0.25) is 5.91 Å². The molecule has 0 aliphatic heterocycles. The maximum atomic E-state index is 12.2. The molecule has 0 bridgehead atoms. The zero-order chi connectivity index (χ0) is 20.5. The summed E-state index contributed by atoms with van der Waals surface area (Å²) in [5.74, 6) is 1.38. The van der Waals surface area contributed by atoms with Gasteiger partial charge in [-0.2, -0.15) is 0 Å². The smallest absolute Gasteiger partial charge is 0.250 e. The number of hydrogen-bond donors (Lipinski definition) is 1. The molecule has 5 nitrogen and oxygen atoms in total. The van der Waals surface area contributed by atoms with Crippen LogP contribution < -0.4 is 14.8 Å². The molecule has 0 spiro atoms. The fourth-order valence-electron chi connectivity index (χ4n) is 2.59. The van der Waals surface area contributed by atoms with Gasteiger partial charge in [-0.15, -0.1) is 11.3 Å². The highest BCUT2D eigenvalue weighted by Gasteiger charge is 2.07. The number of benzene rings is 2. The van der Waals surface area contributed by atoms with Crippen LogP contribution in [0.3, 0.4) is 0 Å². The van der Waals surface area contributed by atoms with Gasteiger partial charge in [0.25, 0.3) is 0 Å². The van der Waals surface area contributed by atoms with Crippen LogP contribution in [0.4, 0.5) is 5.13 Å². The molecule has 0 fully saturated rings. The van der Waals surface area contributed by atoms with Crippen LogP contribution in [0.5, 0.6) is 11.5 Å². The molecule has 1 aromatic heterocycles. The highest BCUT2D eigenvalue weighted by molar-refractivity contribution is 7.14. The lowest BCUT2D eigenvalue weighted by Crippen LogP contribution is -2.07. The third-order valence-corrected chi connectivity index (χ3v) is 4.93. The minimum Gasteiger partial charge on any atom is -0.497 e.